The average molecular weight is 177 g/mol. The van der Waals surface area contributed by atoms with Crippen LogP contribution in [0.4, 0.5) is 0 Å². The lowest BCUT2D eigenvalue weighted by Gasteiger charge is -2.40. The molecule has 0 spiro atoms. The molecule has 0 radical (unpaired) electrons. The average Bonchev–Trinajstić information content (AvgIpc) is 1.95. The van der Waals surface area contributed by atoms with Crippen LogP contribution in [0.3, 0.4) is 0 Å². The van der Waals surface area contributed by atoms with Crippen LogP contribution in [0.2, 0.25) is 0 Å². The van der Waals surface area contributed by atoms with Crippen molar-refractivity contribution in [2.45, 2.75) is 18.1 Å². The first-order valence-electron chi connectivity index (χ1n) is 3.74. The molecular weight excluding hydrogens is 162 g/mol. The van der Waals surface area contributed by atoms with Crippen LogP contribution in [0, 0.1) is 0 Å². The molecule has 0 aliphatic carbocycles. The Hall–Kier alpha value is 0.230. The Morgan fingerprint density at radius 3 is 2.73 bits per heavy atom. The van der Waals surface area contributed by atoms with Crippen molar-refractivity contribution in [3.63, 3.8) is 0 Å². The van der Waals surface area contributed by atoms with Crippen molar-refractivity contribution < 1.29 is 9.84 Å². The van der Waals surface area contributed by atoms with Gasteiger partial charge in [0.25, 0.3) is 0 Å². The predicted octanol–water partition coefficient (Wildman–Crippen LogP) is -0.172. The summed E-state index contributed by atoms with van der Waals surface area (Å²) in [6.45, 7) is 0.811. The van der Waals surface area contributed by atoms with Gasteiger partial charge in [-0.25, -0.2) is 0 Å². The van der Waals surface area contributed by atoms with E-state index in [0.717, 1.165) is 12.2 Å². The van der Waals surface area contributed by atoms with Crippen molar-refractivity contribution in [1.82, 2.24) is 0 Å². The van der Waals surface area contributed by atoms with Crippen LogP contribution >= 0.6 is 11.8 Å². The molecule has 0 aromatic rings. The number of nitrogens with two attached hydrogens (primary N) is 1. The molecule has 1 rings (SSSR count). The van der Waals surface area contributed by atoms with Gasteiger partial charge in [0, 0.05) is 6.04 Å². The summed E-state index contributed by atoms with van der Waals surface area (Å²) >= 11 is 1.75. The number of ether oxygens (including phenoxy) is 1. The first-order chi connectivity index (χ1) is 5.19. The van der Waals surface area contributed by atoms with Gasteiger partial charge in [0.05, 0.1) is 13.2 Å². The molecule has 3 nitrogen and oxygen atoms in total. The van der Waals surface area contributed by atoms with E-state index in [9.17, 15) is 5.11 Å². The van der Waals surface area contributed by atoms with Gasteiger partial charge in [0.2, 0.25) is 0 Å². The molecule has 0 aromatic carbocycles. The zero-order valence-corrected chi connectivity index (χ0v) is 7.56. The Labute approximate surface area is 71.3 Å². The van der Waals surface area contributed by atoms with Gasteiger partial charge >= 0.3 is 0 Å². The molecular formula is C7H15NO2S. The van der Waals surface area contributed by atoms with Crippen LogP contribution < -0.4 is 5.73 Å². The predicted molar refractivity (Wildman–Crippen MR) is 46.7 cm³/mol. The Balaban J connectivity index is 2.22. The molecule has 0 saturated carbocycles. The Morgan fingerprint density at radius 1 is 1.73 bits per heavy atom. The van der Waals surface area contributed by atoms with E-state index >= 15 is 0 Å². The third-order valence-electron chi connectivity index (χ3n) is 2.03. The van der Waals surface area contributed by atoms with Crippen LogP contribution in [-0.4, -0.2) is 42.0 Å². The van der Waals surface area contributed by atoms with Crippen molar-refractivity contribution in [3.8, 4) is 0 Å². The zero-order chi connectivity index (χ0) is 8.32. The van der Waals surface area contributed by atoms with E-state index in [1.165, 1.54) is 0 Å². The van der Waals surface area contributed by atoms with Gasteiger partial charge in [-0.2, -0.15) is 11.8 Å². The number of aliphatic hydroxyl groups is 1. The van der Waals surface area contributed by atoms with E-state index in [1.54, 1.807) is 11.8 Å². The summed E-state index contributed by atoms with van der Waals surface area (Å²) in [7, 11) is 0. The van der Waals surface area contributed by atoms with E-state index in [2.05, 4.69) is 0 Å². The fourth-order valence-corrected chi connectivity index (χ4v) is 1.53. The molecule has 0 amide bonds. The van der Waals surface area contributed by atoms with Gasteiger partial charge in [-0.15, -0.1) is 0 Å². The lowest BCUT2D eigenvalue weighted by Crippen LogP contribution is -2.61. The van der Waals surface area contributed by atoms with Gasteiger partial charge in [0.15, 0.2) is 0 Å². The second-order valence-corrected chi connectivity index (χ2v) is 3.97. The SMILES string of the molecule is CSCCC(N)C1(O)COC1. The normalized spacial score (nSPS) is 24.3. The summed E-state index contributed by atoms with van der Waals surface area (Å²) in [5.74, 6) is 1.00. The summed E-state index contributed by atoms with van der Waals surface area (Å²) in [6, 6.07) is -0.122. The lowest BCUT2D eigenvalue weighted by atomic mass is 9.91. The first kappa shape index (κ1) is 9.32. The lowest BCUT2D eigenvalue weighted by molar-refractivity contribution is -0.189. The molecule has 1 heterocycles. The van der Waals surface area contributed by atoms with E-state index < -0.39 is 5.60 Å². The maximum Gasteiger partial charge on any atom is 0.126 e. The number of rotatable bonds is 4. The van der Waals surface area contributed by atoms with Crippen LogP contribution in [0.25, 0.3) is 0 Å². The molecule has 1 atom stereocenters. The minimum Gasteiger partial charge on any atom is -0.383 e. The van der Waals surface area contributed by atoms with E-state index in [4.69, 9.17) is 10.5 Å². The molecule has 1 saturated heterocycles. The summed E-state index contributed by atoms with van der Waals surface area (Å²) in [4.78, 5) is 0. The number of thioether (sulfide) groups is 1. The summed E-state index contributed by atoms with van der Waals surface area (Å²) in [5.41, 5.74) is 5.03. The molecule has 1 fully saturated rings. The van der Waals surface area contributed by atoms with Crippen LogP contribution in [-0.2, 0) is 4.74 Å². The van der Waals surface area contributed by atoms with Gasteiger partial charge in [-0.3, -0.25) is 0 Å². The monoisotopic (exact) mass is 177 g/mol. The quantitative estimate of drug-likeness (QED) is 0.626. The molecule has 1 unspecified atom stereocenters. The van der Waals surface area contributed by atoms with Crippen LogP contribution in [0.15, 0.2) is 0 Å². The zero-order valence-electron chi connectivity index (χ0n) is 6.75. The largest absolute Gasteiger partial charge is 0.383 e. The third kappa shape index (κ3) is 2.08. The second-order valence-electron chi connectivity index (χ2n) is 2.98. The van der Waals surface area contributed by atoms with E-state index in [-0.39, 0.29) is 6.04 Å². The molecule has 11 heavy (non-hydrogen) atoms. The third-order valence-corrected chi connectivity index (χ3v) is 2.67. The van der Waals surface area contributed by atoms with Gasteiger partial charge in [-0.05, 0) is 18.4 Å². The highest BCUT2D eigenvalue weighted by Crippen LogP contribution is 2.22. The minimum absolute atomic E-state index is 0.122. The summed E-state index contributed by atoms with van der Waals surface area (Å²) in [6.07, 6.45) is 2.90. The molecule has 1 aliphatic heterocycles. The molecule has 4 heteroatoms. The molecule has 1 aliphatic rings. The van der Waals surface area contributed by atoms with Gasteiger partial charge in [-0.1, -0.05) is 0 Å². The molecule has 0 aromatic heterocycles. The molecule has 3 N–H and O–H groups in total. The fraction of sp³-hybridized carbons (Fsp3) is 1.00. The summed E-state index contributed by atoms with van der Waals surface area (Å²) in [5, 5.41) is 9.65. The Kier molecular flexibility index (Phi) is 3.18. The topological polar surface area (TPSA) is 55.5 Å². The summed E-state index contributed by atoms with van der Waals surface area (Å²) < 4.78 is 4.90. The van der Waals surface area contributed by atoms with Crippen LogP contribution in [0.5, 0.6) is 0 Å². The number of hydrogen-bond acceptors (Lipinski definition) is 4. The standard InChI is InChI=1S/C7H15NO2S/c1-11-3-2-6(8)7(9)4-10-5-7/h6,9H,2-5,8H2,1H3. The van der Waals surface area contributed by atoms with Gasteiger partial charge in [0.1, 0.15) is 5.60 Å². The van der Waals surface area contributed by atoms with Crippen molar-refractivity contribution in [2.75, 3.05) is 25.2 Å². The maximum atomic E-state index is 9.65. The maximum absolute atomic E-state index is 9.65. The first-order valence-corrected chi connectivity index (χ1v) is 5.13. The smallest absolute Gasteiger partial charge is 0.126 e. The fourth-order valence-electron chi connectivity index (χ4n) is 1.04. The van der Waals surface area contributed by atoms with Crippen molar-refractivity contribution in [3.05, 3.63) is 0 Å². The number of hydrogen-bond donors (Lipinski definition) is 2. The Bertz CT molecular complexity index is 128. The van der Waals surface area contributed by atoms with Crippen LogP contribution in [0.1, 0.15) is 6.42 Å². The van der Waals surface area contributed by atoms with E-state index in [1.807, 2.05) is 6.26 Å². The highest BCUT2D eigenvalue weighted by molar-refractivity contribution is 7.98. The minimum atomic E-state index is -0.726. The molecule has 66 valence electrons. The highest BCUT2D eigenvalue weighted by atomic mass is 32.2. The highest BCUT2D eigenvalue weighted by Gasteiger charge is 2.41. The van der Waals surface area contributed by atoms with Crippen molar-refractivity contribution >= 4 is 11.8 Å². The van der Waals surface area contributed by atoms with Crippen molar-refractivity contribution in [1.29, 1.82) is 0 Å². The second kappa shape index (κ2) is 3.76. The molecule has 0 bridgehead atoms. The van der Waals surface area contributed by atoms with E-state index in [0.29, 0.717) is 13.2 Å². The van der Waals surface area contributed by atoms with Gasteiger partial charge < -0.3 is 15.6 Å². The Morgan fingerprint density at radius 2 is 2.36 bits per heavy atom. The van der Waals surface area contributed by atoms with Crippen molar-refractivity contribution in [2.24, 2.45) is 5.73 Å².